The number of hydrogen-bond acceptors (Lipinski definition) is 7. The standard InChI is InChI=1S/C10H17N3O5S2/c1-3-20(16,17)13-6-4-8(5-7-13)9-11-12-10(18-9)19(2,14)15/h8H,3-7H2,1-2H3. The molecular weight excluding hydrogens is 306 g/mol. The molecule has 1 aliphatic rings. The Balaban J connectivity index is 2.06. The van der Waals surface area contributed by atoms with Crippen molar-refractivity contribution in [3.8, 4) is 0 Å². The fourth-order valence-corrected chi connectivity index (χ4v) is 3.66. The minimum Gasteiger partial charge on any atom is -0.412 e. The summed E-state index contributed by atoms with van der Waals surface area (Å²) < 4.78 is 52.6. The normalized spacial score (nSPS) is 19.3. The van der Waals surface area contributed by atoms with E-state index in [1.807, 2.05) is 0 Å². The van der Waals surface area contributed by atoms with Gasteiger partial charge in [-0.25, -0.2) is 21.1 Å². The van der Waals surface area contributed by atoms with Gasteiger partial charge in [-0.3, -0.25) is 0 Å². The number of nitrogens with zero attached hydrogens (tertiary/aromatic N) is 3. The highest BCUT2D eigenvalue weighted by Crippen LogP contribution is 2.28. The molecule has 0 radical (unpaired) electrons. The Kier molecular flexibility index (Phi) is 4.17. The maximum Gasteiger partial charge on any atom is 0.335 e. The lowest BCUT2D eigenvalue weighted by Gasteiger charge is -2.29. The van der Waals surface area contributed by atoms with Gasteiger partial charge in [-0.2, -0.15) is 0 Å². The Morgan fingerprint density at radius 3 is 2.25 bits per heavy atom. The van der Waals surface area contributed by atoms with Crippen LogP contribution in [0.25, 0.3) is 0 Å². The average molecular weight is 323 g/mol. The molecule has 0 aliphatic carbocycles. The van der Waals surface area contributed by atoms with Crippen LogP contribution < -0.4 is 0 Å². The van der Waals surface area contributed by atoms with Crippen molar-refractivity contribution in [2.45, 2.75) is 30.9 Å². The summed E-state index contributed by atoms with van der Waals surface area (Å²) in [4.78, 5) is 0. The lowest BCUT2D eigenvalue weighted by atomic mass is 9.98. The van der Waals surface area contributed by atoms with Crippen LogP contribution >= 0.6 is 0 Å². The lowest BCUT2D eigenvalue weighted by molar-refractivity contribution is 0.278. The second-order valence-corrected chi connectivity index (χ2v) is 8.90. The van der Waals surface area contributed by atoms with E-state index in [9.17, 15) is 16.8 Å². The highest BCUT2D eigenvalue weighted by atomic mass is 32.2. The van der Waals surface area contributed by atoms with E-state index in [2.05, 4.69) is 10.2 Å². The predicted octanol–water partition coefficient (Wildman–Crippen LogP) is 0.00220. The van der Waals surface area contributed by atoms with Gasteiger partial charge < -0.3 is 4.42 Å². The lowest BCUT2D eigenvalue weighted by Crippen LogP contribution is -2.38. The van der Waals surface area contributed by atoms with Crippen LogP contribution in [0.5, 0.6) is 0 Å². The van der Waals surface area contributed by atoms with Crippen molar-refractivity contribution >= 4 is 19.9 Å². The number of aromatic nitrogens is 2. The van der Waals surface area contributed by atoms with Gasteiger partial charge in [-0.05, 0) is 19.8 Å². The topological polar surface area (TPSA) is 110 Å². The maximum absolute atomic E-state index is 11.7. The molecule has 0 aromatic carbocycles. The maximum atomic E-state index is 11.7. The van der Waals surface area contributed by atoms with E-state index in [1.165, 1.54) is 4.31 Å². The molecule has 1 aliphatic heterocycles. The van der Waals surface area contributed by atoms with Crippen LogP contribution in [0.3, 0.4) is 0 Å². The van der Waals surface area contributed by atoms with Gasteiger partial charge in [0.15, 0.2) is 0 Å². The first-order chi connectivity index (χ1) is 9.24. The number of sulfone groups is 1. The van der Waals surface area contributed by atoms with Crippen molar-refractivity contribution < 1.29 is 21.3 Å². The van der Waals surface area contributed by atoms with E-state index in [0.717, 1.165) is 6.26 Å². The largest absolute Gasteiger partial charge is 0.412 e. The summed E-state index contributed by atoms with van der Waals surface area (Å²) in [6.07, 6.45) is 2.09. The molecule has 8 nitrogen and oxygen atoms in total. The van der Waals surface area contributed by atoms with Gasteiger partial charge in [-0.1, -0.05) is 5.10 Å². The number of hydrogen-bond donors (Lipinski definition) is 0. The van der Waals surface area contributed by atoms with E-state index < -0.39 is 25.1 Å². The molecule has 114 valence electrons. The molecule has 2 heterocycles. The zero-order chi connectivity index (χ0) is 15.0. The Morgan fingerprint density at radius 2 is 1.80 bits per heavy atom. The molecular formula is C10H17N3O5S2. The van der Waals surface area contributed by atoms with Crippen LogP contribution in [0.4, 0.5) is 0 Å². The summed E-state index contributed by atoms with van der Waals surface area (Å²) in [6.45, 7) is 2.38. The second kappa shape index (κ2) is 5.41. The molecule has 0 amide bonds. The minimum absolute atomic E-state index is 0.0798. The molecule has 1 aromatic heterocycles. The molecule has 20 heavy (non-hydrogen) atoms. The monoisotopic (exact) mass is 323 g/mol. The number of sulfonamides is 1. The fourth-order valence-electron chi connectivity index (χ4n) is 2.10. The molecule has 0 unspecified atom stereocenters. The van der Waals surface area contributed by atoms with Crippen LogP contribution in [-0.4, -0.2) is 56.4 Å². The van der Waals surface area contributed by atoms with E-state index in [1.54, 1.807) is 6.92 Å². The van der Waals surface area contributed by atoms with Gasteiger partial charge in [0.25, 0.3) is 0 Å². The van der Waals surface area contributed by atoms with Gasteiger partial charge in [-0.15, -0.1) is 5.10 Å². The van der Waals surface area contributed by atoms with Gasteiger partial charge in [0.2, 0.25) is 25.8 Å². The molecule has 1 aromatic rings. The third kappa shape index (κ3) is 3.18. The Bertz CT molecular complexity index is 672. The summed E-state index contributed by atoms with van der Waals surface area (Å²) in [5.74, 6) is 0.247. The van der Waals surface area contributed by atoms with E-state index in [4.69, 9.17) is 4.42 Å². The molecule has 0 bridgehead atoms. The third-order valence-corrected chi connectivity index (χ3v) is 5.98. The fraction of sp³-hybridized carbons (Fsp3) is 0.800. The van der Waals surface area contributed by atoms with Crippen molar-refractivity contribution in [1.29, 1.82) is 0 Å². The third-order valence-electron chi connectivity index (χ3n) is 3.30. The smallest absolute Gasteiger partial charge is 0.335 e. The molecule has 10 heteroatoms. The van der Waals surface area contributed by atoms with Crippen molar-refractivity contribution in [3.05, 3.63) is 5.89 Å². The van der Waals surface area contributed by atoms with Crippen LogP contribution in [0, 0.1) is 0 Å². The highest BCUT2D eigenvalue weighted by molar-refractivity contribution is 7.90. The molecule has 0 atom stereocenters. The summed E-state index contributed by atoms with van der Waals surface area (Å²) in [5.41, 5.74) is 0. The average Bonchev–Trinajstić information content (AvgIpc) is 2.88. The van der Waals surface area contributed by atoms with Gasteiger partial charge in [0.1, 0.15) is 0 Å². The second-order valence-electron chi connectivity index (χ2n) is 4.75. The van der Waals surface area contributed by atoms with E-state index >= 15 is 0 Å². The molecule has 0 spiro atoms. The first-order valence-corrected chi connectivity index (χ1v) is 9.75. The molecule has 0 N–H and O–H groups in total. The molecule has 2 rings (SSSR count). The summed E-state index contributed by atoms with van der Waals surface area (Å²) in [7, 11) is -6.68. The quantitative estimate of drug-likeness (QED) is 0.767. The van der Waals surface area contributed by atoms with Crippen molar-refractivity contribution in [3.63, 3.8) is 0 Å². The van der Waals surface area contributed by atoms with Gasteiger partial charge >= 0.3 is 5.22 Å². The van der Waals surface area contributed by atoms with Crippen LogP contribution in [0.1, 0.15) is 31.6 Å². The number of rotatable bonds is 4. The van der Waals surface area contributed by atoms with Crippen LogP contribution in [0.15, 0.2) is 9.64 Å². The number of piperidine rings is 1. The van der Waals surface area contributed by atoms with E-state index in [-0.39, 0.29) is 17.6 Å². The van der Waals surface area contributed by atoms with Gasteiger partial charge in [0, 0.05) is 25.3 Å². The predicted molar refractivity (Wildman–Crippen MR) is 70.4 cm³/mol. The zero-order valence-corrected chi connectivity index (χ0v) is 12.9. The van der Waals surface area contributed by atoms with Gasteiger partial charge in [0.05, 0.1) is 5.75 Å². The molecule has 0 saturated carbocycles. The summed E-state index contributed by atoms with van der Waals surface area (Å²) in [6, 6.07) is 0. The first-order valence-electron chi connectivity index (χ1n) is 6.25. The molecule has 1 fully saturated rings. The Labute approximate surface area is 118 Å². The van der Waals surface area contributed by atoms with Crippen molar-refractivity contribution in [2.24, 2.45) is 0 Å². The SMILES string of the molecule is CCS(=O)(=O)N1CCC(c2nnc(S(C)(=O)=O)o2)CC1. The minimum atomic E-state index is -3.51. The van der Waals surface area contributed by atoms with Crippen LogP contribution in [0.2, 0.25) is 0 Å². The molecule has 1 saturated heterocycles. The van der Waals surface area contributed by atoms with Crippen LogP contribution in [-0.2, 0) is 19.9 Å². The Morgan fingerprint density at radius 1 is 1.20 bits per heavy atom. The highest BCUT2D eigenvalue weighted by Gasteiger charge is 2.30. The summed E-state index contributed by atoms with van der Waals surface area (Å²) in [5, 5.41) is 6.87. The Hall–Kier alpha value is -1.00. The van der Waals surface area contributed by atoms with E-state index in [0.29, 0.717) is 25.9 Å². The first kappa shape index (κ1) is 15.4. The van der Waals surface area contributed by atoms with Crippen molar-refractivity contribution in [2.75, 3.05) is 25.1 Å². The van der Waals surface area contributed by atoms with Crippen molar-refractivity contribution in [1.82, 2.24) is 14.5 Å². The zero-order valence-electron chi connectivity index (χ0n) is 11.3. The summed E-state index contributed by atoms with van der Waals surface area (Å²) >= 11 is 0.